The molecule has 0 spiro atoms. The number of benzene rings is 3. The second kappa shape index (κ2) is 8.79. The van der Waals surface area contributed by atoms with Crippen LogP contribution in [0.2, 0.25) is 0 Å². The van der Waals surface area contributed by atoms with Crippen molar-refractivity contribution in [1.82, 2.24) is 10.2 Å². The highest BCUT2D eigenvalue weighted by molar-refractivity contribution is 6.07. The average molecular weight is 417 g/mol. The lowest BCUT2D eigenvalue weighted by molar-refractivity contribution is -0.142. The number of hydrogen-bond donors (Lipinski definition) is 2. The molecule has 6 nitrogen and oxygen atoms in total. The van der Waals surface area contributed by atoms with Crippen molar-refractivity contribution >= 4 is 28.5 Å². The van der Waals surface area contributed by atoms with Crippen LogP contribution in [0, 0.1) is 5.82 Å². The summed E-state index contributed by atoms with van der Waals surface area (Å²) in [6.07, 6.45) is 0.186. The van der Waals surface area contributed by atoms with Crippen molar-refractivity contribution in [3.8, 4) is 11.3 Å². The predicted molar refractivity (Wildman–Crippen MR) is 116 cm³/mol. The van der Waals surface area contributed by atoms with Gasteiger partial charge in [0.2, 0.25) is 0 Å². The Kier molecular flexibility index (Phi) is 5.75. The quantitative estimate of drug-likeness (QED) is 0.445. The molecular formula is C24H20FN3O3. The zero-order valence-corrected chi connectivity index (χ0v) is 16.8. The molecule has 0 aliphatic heterocycles. The van der Waals surface area contributed by atoms with Gasteiger partial charge in [-0.2, -0.15) is 5.10 Å². The van der Waals surface area contributed by atoms with Gasteiger partial charge < -0.3 is 10.1 Å². The first-order valence-corrected chi connectivity index (χ1v) is 9.83. The third-order valence-electron chi connectivity index (χ3n) is 4.81. The van der Waals surface area contributed by atoms with Gasteiger partial charge in [-0.05, 0) is 67.1 Å². The molecule has 0 fully saturated rings. The van der Waals surface area contributed by atoms with Gasteiger partial charge in [0.25, 0.3) is 5.91 Å². The minimum absolute atomic E-state index is 0.186. The monoisotopic (exact) mass is 417 g/mol. The van der Waals surface area contributed by atoms with Crippen LogP contribution in [0.1, 0.15) is 22.8 Å². The van der Waals surface area contributed by atoms with Crippen LogP contribution in [0.4, 0.5) is 10.1 Å². The fourth-order valence-electron chi connectivity index (χ4n) is 3.27. The van der Waals surface area contributed by atoms with Gasteiger partial charge in [-0.15, -0.1) is 0 Å². The first-order valence-electron chi connectivity index (χ1n) is 9.83. The number of amides is 1. The zero-order chi connectivity index (χ0) is 21.8. The van der Waals surface area contributed by atoms with E-state index in [9.17, 15) is 14.0 Å². The topological polar surface area (TPSA) is 84.1 Å². The number of aromatic amines is 1. The molecule has 31 heavy (non-hydrogen) atoms. The van der Waals surface area contributed by atoms with E-state index >= 15 is 0 Å². The molecule has 0 bridgehead atoms. The van der Waals surface area contributed by atoms with E-state index in [2.05, 4.69) is 15.5 Å². The average Bonchev–Trinajstić information content (AvgIpc) is 3.19. The summed E-state index contributed by atoms with van der Waals surface area (Å²) in [6.45, 7) is 2.11. The standard InChI is InChI=1S/C24H20FN3O3/c1-2-31-22(29)13-15-3-10-19(11-4-15)26-24(30)17-7-12-21-20(14-17)23(28-27-21)16-5-8-18(25)9-6-16/h3-12,14H,2,13H2,1H3,(H,26,30)(H,27,28). The summed E-state index contributed by atoms with van der Waals surface area (Å²) in [6, 6.07) is 18.3. The number of rotatable bonds is 6. The lowest BCUT2D eigenvalue weighted by Crippen LogP contribution is -2.12. The van der Waals surface area contributed by atoms with Crippen molar-refractivity contribution in [2.45, 2.75) is 13.3 Å². The summed E-state index contributed by atoms with van der Waals surface area (Å²) in [5.41, 5.74) is 4.06. The molecule has 3 aromatic carbocycles. The lowest BCUT2D eigenvalue weighted by Gasteiger charge is -2.07. The van der Waals surface area contributed by atoms with E-state index in [0.29, 0.717) is 23.6 Å². The lowest BCUT2D eigenvalue weighted by atomic mass is 10.1. The molecule has 0 atom stereocenters. The number of ether oxygens (including phenoxy) is 1. The third kappa shape index (κ3) is 4.61. The Balaban J connectivity index is 1.52. The number of anilines is 1. The molecule has 1 aromatic heterocycles. The zero-order valence-electron chi connectivity index (χ0n) is 16.8. The number of carbonyl (C=O) groups excluding carboxylic acids is 2. The van der Waals surface area contributed by atoms with Crippen LogP contribution in [-0.4, -0.2) is 28.7 Å². The van der Waals surface area contributed by atoms with Crippen LogP contribution in [0.25, 0.3) is 22.2 Å². The third-order valence-corrected chi connectivity index (χ3v) is 4.81. The molecule has 0 unspecified atom stereocenters. The summed E-state index contributed by atoms with van der Waals surface area (Å²) < 4.78 is 18.2. The van der Waals surface area contributed by atoms with Crippen LogP contribution >= 0.6 is 0 Å². The molecule has 0 radical (unpaired) electrons. The molecule has 1 amide bonds. The number of aromatic nitrogens is 2. The fourth-order valence-corrected chi connectivity index (χ4v) is 3.27. The predicted octanol–water partition coefficient (Wildman–Crippen LogP) is 4.73. The summed E-state index contributed by atoms with van der Waals surface area (Å²) in [4.78, 5) is 24.3. The van der Waals surface area contributed by atoms with Crippen molar-refractivity contribution in [2.75, 3.05) is 11.9 Å². The smallest absolute Gasteiger partial charge is 0.310 e. The van der Waals surface area contributed by atoms with Gasteiger partial charge in [-0.1, -0.05) is 12.1 Å². The van der Waals surface area contributed by atoms with Crippen molar-refractivity contribution in [1.29, 1.82) is 0 Å². The van der Waals surface area contributed by atoms with Crippen molar-refractivity contribution in [3.63, 3.8) is 0 Å². The van der Waals surface area contributed by atoms with Crippen LogP contribution in [-0.2, 0) is 16.0 Å². The highest BCUT2D eigenvalue weighted by atomic mass is 19.1. The summed E-state index contributed by atoms with van der Waals surface area (Å²) in [5, 5.41) is 10.9. The molecular weight excluding hydrogens is 397 g/mol. The first kappa shape index (κ1) is 20.3. The van der Waals surface area contributed by atoms with E-state index < -0.39 is 0 Å². The molecule has 2 N–H and O–H groups in total. The van der Waals surface area contributed by atoms with E-state index in [1.807, 2.05) is 0 Å². The van der Waals surface area contributed by atoms with Gasteiger partial charge >= 0.3 is 5.97 Å². The van der Waals surface area contributed by atoms with Crippen molar-refractivity contribution in [3.05, 3.63) is 83.7 Å². The molecule has 4 aromatic rings. The van der Waals surface area contributed by atoms with Crippen molar-refractivity contribution < 1.29 is 18.7 Å². The number of esters is 1. The van der Waals surface area contributed by atoms with Gasteiger partial charge in [0.15, 0.2) is 0 Å². The number of H-pyrrole nitrogens is 1. The Hall–Kier alpha value is -4.00. The number of halogens is 1. The molecule has 0 saturated heterocycles. The minimum atomic E-state index is -0.322. The van der Waals surface area contributed by atoms with Gasteiger partial charge in [-0.3, -0.25) is 14.7 Å². The highest BCUT2D eigenvalue weighted by Crippen LogP contribution is 2.27. The van der Waals surface area contributed by atoms with E-state index in [4.69, 9.17) is 4.74 Å². The molecule has 156 valence electrons. The maximum Gasteiger partial charge on any atom is 0.310 e. The van der Waals surface area contributed by atoms with Crippen LogP contribution in [0.15, 0.2) is 66.7 Å². The molecule has 4 rings (SSSR count). The number of nitrogens with one attached hydrogen (secondary N) is 2. The van der Waals surface area contributed by atoms with Crippen LogP contribution in [0.3, 0.4) is 0 Å². The maximum atomic E-state index is 13.2. The Morgan fingerprint density at radius 3 is 2.48 bits per heavy atom. The van der Waals surface area contributed by atoms with Gasteiger partial charge in [0.1, 0.15) is 5.82 Å². The normalized spacial score (nSPS) is 10.8. The Morgan fingerprint density at radius 2 is 1.77 bits per heavy atom. The largest absolute Gasteiger partial charge is 0.466 e. The van der Waals surface area contributed by atoms with Crippen LogP contribution < -0.4 is 5.32 Å². The van der Waals surface area contributed by atoms with Crippen molar-refractivity contribution in [2.24, 2.45) is 0 Å². The fraction of sp³-hybridized carbons (Fsp3) is 0.125. The number of carbonyl (C=O) groups is 2. The molecule has 0 aliphatic rings. The number of hydrogen-bond acceptors (Lipinski definition) is 4. The Morgan fingerprint density at radius 1 is 1.03 bits per heavy atom. The summed E-state index contributed by atoms with van der Waals surface area (Å²) >= 11 is 0. The molecule has 7 heteroatoms. The maximum absolute atomic E-state index is 13.2. The molecule has 1 heterocycles. The summed E-state index contributed by atoms with van der Waals surface area (Å²) in [7, 11) is 0. The van der Waals surface area contributed by atoms with Gasteiger partial charge in [-0.25, -0.2) is 4.39 Å². The number of fused-ring (bicyclic) bond motifs is 1. The molecule has 0 saturated carbocycles. The highest BCUT2D eigenvalue weighted by Gasteiger charge is 2.13. The number of nitrogens with zero attached hydrogens (tertiary/aromatic N) is 1. The minimum Gasteiger partial charge on any atom is -0.466 e. The SMILES string of the molecule is CCOC(=O)Cc1ccc(NC(=O)c2ccc3[nH]nc(-c4ccc(F)cc4)c3c2)cc1. The summed E-state index contributed by atoms with van der Waals surface area (Å²) in [5.74, 6) is -0.882. The van der Waals surface area contributed by atoms with Crippen LogP contribution in [0.5, 0.6) is 0 Å². The van der Waals surface area contributed by atoms with E-state index in [-0.39, 0.29) is 24.1 Å². The first-order chi connectivity index (χ1) is 15.0. The molecule has 0 aliphatic carbocycles. The Bertz CT molecular complexity index is 1230. The van der Waals surface area contributed by atoms with E-state index in [1.54, 1.807) is 61.5 Å². The van der Waals surface area contributed by atoms with Gasteiger partial charge in [0.05, 0.1) is 24.2 Å². The van der Waals surface area contributed by atoms with E-state index in [1.165, 1.54) is 12.1 Å². The second-order valence-corrected chi connectivity index (χ2v) is 6.97. The second-order valence-electron chi connectivity index (χ2n) is 6.97. The van der Waals surface area contributed by atoms with Gasteiger partial charge in [0, 0.05) is 22.2 Å². The van der Waals surface area contributed by atoms with E-state index in [0.717, 1.165) is 22.0 Å². The Labute approximate surface area is 178 Å².